The van der Waals surface area contributed by atoms with Gasteiger partial charge in [-0.15, -0.1) is 10.2 Å². The molecule has 3 aromatic rings. The molecule has 0 aliphatic carbocycles. The monoisotopic (exact) mass is 272 g/mol. The van der Waals surface area contributed by atoms with E-state index in [1.54, 1.807) is 22.6 Å². The maximum Gasteiger partial charge on any atom is 0.265 e. The molecule has 0 unspecified atom stereocenters. The van der Waals surface area contributed by atoms with Crippen LogP contribution in [0.4, 0.5) is 0 Å². The Morgan fingerprint density at radius 3 is 2.95 bits per heavy atom. The number of rotatable bonds is 2. The lowest BCUT2D eigenvalue weighted by atomic mass is 10.1. The molecular weight excluding hydrogens is 260 g/mol. The van der Waals surface area contributed by atoms with E-state index in [-0.39, 0.29) is 5.56 Å². The van der Waals surface area contributed by atoms with Gasteiger partial charge in [0.15, 0.2) is 0 Å². The minimum atomic E-state index is -0.423. The molecule has 0 saturated heterocycles. The van der Waals surface area contributed by atoms with Crippen LogP contribution in [0.3, 0.4) is 0 Å². The molecule has 2 heterocycles. The summed E-state index contributed by atoms with van der Waals surface area (Å²) < 4.78 is 3.20. The molecular formula is C12H12N6O2. The molecule has 0 aliphatic rings. The molecule has 8 nitrogen and oxygen atoms in total. The Morgan fingerprint density at radius 2 is 2.25 bits per heavy atom. The summed E-state index contributed by atoms with van der Waals surface area (Å²) in [6.45, 7) is 2.35. The Hall–Kier alpha value is -2.74. The normalized spacial score (nSPS) is 11.1. The number of nitrogen functional groups attached to an aromatic ring is 1. The van der Waals surface area contributed by atoms with E-state index in [1.807, 2.05) is 6.92 Å². The van der Waals surface area contributed by atoms with Gasteiger partial charge in [0.25, 0.3) is 11.5 Å². The first-order valence-corrected chi connectivity index (χ1v) is 6.04. The Balaban J connectivity index is 2.46. The number of aryl methyl sites for hydroxylation is 1. The number of carbonyl (C=O) groups excluding carboxylic acids is 1. The van der Waals surface area contributed by atoms with E-state index in [1.165, 1.54) is 10.9 Å². The highest BCUT2D eigenvalue weighted by molar-refractivity contribution is 5.97. The fourth-order valence-corrected chi connectivity index (χ4v) is 2.24. The number of hydrogen-bond donors (Lipinski definition) is 2. The number of nitrogens with two attached hydrogens (primary N) is 1. The second kappa shape index (κ2) is 4.42. The molecule has 102 valence electrons. The van der Waals surface area contributed by atoms with Gasteiger partial charge in [0.2, 0.25) is 5.78 Å². The molecule has 20 heavy (non-hydrogen) atoms. The zero-order valence-electron chi connectivity index (χ0n) is 10.7. The van der Waals surface area contributed by atoms with Gasteiger partial charge in [0, 0.05) is 12.1 Å². The van der Waals surface area contributed by atoms with Gasteiger partial charge in [-0.25, -0.2) is 5.84 Å². The molecule has 0 saturated carbocycles. The summed E-state index contributed by atoms with van der Waals surface area (Å²) in [6, 6.07) is 4.76. The van der Waals surface area contributed by atoms with Gasteiger partial charge in [0.05, 0.1) is 10.9 Å². The van der Waals surface area contributed by atoms with Gasteiger partial charge < -0.3 is 0 Å². The smallest absolute Gasteiger partial charge is 0.265 e. The third kappa shape index (κ3) is 1.58. The molecule has 8 heteroatoms. The molecule has 2 aromatic heterocycles. The summed E-state index contributed by atoms with van der Waals surface area (Å²) in [5.74, 6) is 5.14. The van der Waals surface area contributed by atoms with Gasteiger partial charge >= 0.3 is 0 Å². The average Bonchev–Trinajstić information content (AvgIpc) is 2.96. The quantitative estimate of drug-likeness (QED) is 0.377. The van der Waals surface area contributed by atoms with Crippen molar-refractivity contribution in [3.05, 3.63) is 40.4 Å². The van der Waals surface area contributed by atoms with Gasteiger partial charge in [-0.3, -0.25) is 24.0 Å². The van der Waals surface area contributed by atoms with Gasteiger partial charge in [0.1, 0.15) is 6.33 Å². The highest BCUT2D eigenvalue weighted by atomic mass is 16.2. The summed E-state index contributed by atoms with van der Waals surface area (Å²) in [5, 5.41) is 8.26. The predicted octanol–water partition coefficient (Wildman–Crippen LogP) is -0.332. The van der Waals surface area contributed by atoms with Crippen molar-refractivity contribution in [3.63, 3.8) is 0 Å². The molecule has 0 fully saturated rings. The van der Waals surface area contributed by atoms with Crippen LogP contribution in [0.25, 0.3) is 16.7 Å². The van der Waals surface area contributed by atoms with Crippen molar-refractivity contribution >= 4 is 22.6 Å². The van der Waals surface area contributed by atoms with Crippen molar-refractivity contribution in [1.29, 1.82) is 0 Å². The zero-order chi connectivity index (χ0) is 14.3. The van der Waals surface area contributed by atoms with Crippen LogP contribution >= 0.6 is 0 Å². The van der Waals surface area contributed by atoms with Gasteiger partial charge in [-0.1, -0.05) is 0 Å². The largest absolute Gasteiger partial charge is 0.290 e. The molecule has 0 radical (unpaired) electrons. The van der Waals surface area contributed by atoms with Crippen LogP contribution in [-0.2, 0) is 6.54 Å². The Morgan fingerprint density at radius 1 is 1.45 bits per heavy atom. The minimum absolute atomic E-state index is 0.164. The van der Waals surface area contributed by atoms with Crippen LogP contribution in [0.15, 0.2) is 29.3 Å². The van der Waals surface area contributed by atoms with E-state index in [2.05, 4.69) is 15.6 Å². The lowest BCUT2D eigenvalue weighted by Crippen LogP contribution is -2.30. The second-order valence-corrected chi connectivity index (χ2v) is 4.26. The van der Waals surface area contributed by atoms with Gasteiger partial charge in [-0.05, 0) is 25.1 Å². The van der Waals surface area contributed by atoms with E-state index in [0.29, 0.717) is 28.8 Å². The zero-order valence-corrected chi connectivity index (χ0v) is 10.7. The number of fused-ring (bicyclic) bond motifs is 3. The van der Waals surface area contributed by atoms with Crippen molar-refractivity contribution in [2.75, 3.05) is 0 Å². The predicted molar refractivity (Wildman–Crippen MR) is 72.1 cm³/mol. The first-order valence-electron chi connectivity index (χ1n) is 6.04. The molecule has 1 amide bonds. The summed E-state index contributed by atoms with van der Waals surface area (Å²) in [5.41, 5.74) is 2.83. The number of aromatic nitrogens is 4. The number of carbonyl (C=O) groups is 1. The van der Waals surface area contributed by atoms with E-state index in [9.17, 15) is 9.59 Å². The summed E-state index contributed by atoms with van der Waals surface area (Å²) in [4.78, 5) is 24.0. The van der Waals surface area contributed by atoms with E-state index in [4.69, 9.17) is 5.84 Å². The van der Waals surface area contributed by atoms with Crippen LogP contribution in [0.1, 0.15) is 17.3 Å². The highest BCUT2D eigenvalue weighted by Gasteiger charge is 2.13. The number of hydrogen-bond acceptors (Lipinski definition) is 5. The van der Waals surface area contributed by atoms with E-state index < -0.39 is 5.91 Å². The lowest BCUT2D eigenvalue weighted by Gasteiger charge is -2.08. The number of nitrogens with one attached hydrogen (secondary N) is 1. The van der Waals surface area contributed by atoms with Crippen molar-refractivity contribution in [2.24, 2.45) is 5.84 Å². The van der Waals surface area contributed by atoms with Crippen molar-refractivity contribution in [3.8, 4) is 0 Å². The number of amides is 1. The number of nitrogens with zero attached hydrogens (tertiary/aromatic N) is 4. The van der Waals surface area contributed by atoms with Crippen LogP contribution in [-0.4, -0.2) is 25.1 Å². The molecule has 1 aromatic carbocycles. The third-order valence-corrected chi connectivity index (χ3v) is 3.21. The van der Waals surface area contributed by atoms with E-state index in [0.717, 1.165) is 0 Å². The number of benzene rings is 1. The summed E-state index contributed by atoms with van der Waals surface area (Å²) in [6.07, 6.45) is 1.51. The molecule has 0 atom stereocenters. The molecule has 0 bridgehead atoms. The molecule has 0 spiro atoms. The van der Waals surface area contributed by atoms with Crippen LogP contribution in [0, 0.1) is 0 Å². The molecule has 3 rings (SSSR count). The first-order chi connectivity index (χ1) is 9.67. The molecule has 3 N–H and O–H groups in total. The molecule has 0 aliphatic heterocycles. The third-order valence-electron chi connectivity index (χ3n) is 3.21. The fourth-order valence-electron chi connectivity index (χ4n) is 2.24. The Bertz CT molecular complexity index is 879. The average molecular weight is 272 g/mol. The highest BCUT2D eigenvalue weighted by Crippen LogP contribution is 2.14. The maximum absolute atomic E-state index is 12.4. The van der Waals surface area contributed by atoms with Gasteiger partial charge in [-0.2, -0.15) is 0 Å². The van der Waals surface area contributed by atoms with Crippen LogP contribution in [0.2, 0.25) is 0 Å². The van der Waals surface area contributed by atoms with Crippen molar-refractivity contribution in [2.45, 2.75) is 13.5 Å². The maximum atomic E-state index is 12.4. The SMILES string of the molecule is CCn1c(=O)c2ccc(C(=O)NN)cc2n2cnnc12. The second-order valence-electron chi connectivity index (χ2n) is 4.26. The Kier molecular flexibility index (Phi) is 2.72. The summed E-state index contributed by atoms with van der Waals surface area (Å²) >= 11 is 0. The minimum Gasteiger partial charge on any atom is -0.290 e. The van der Waals surface area contributed by atoms with Crippen molar-refractivity contribution < 1.29 is 4.79 Å². The fraction of sp³-hybridized carbons (Fsp3) is 0.167. The number of hydrazine groups is 1. The topological polar surface area (TPSA) is 107 Å². The van der Waals surface area contributed by atoms with Crippen LogP contribution < -0.4 is 16.8 Å². The van der Waals surface area contributed by atoms with Crippen molar-refractivity contribution in [1.82, 2.24) is 24.6 Å². The lowest BCUT2D eigenvalue weighted by molar-refractivity contribution is 0.0954. The van der Waals surface area contributed by atoms with Crippen LogP contribution in [0.5, 0.6) is 0 Å². The van der Waals surface area contributed by atoms with E-state index >= 15 is 0 Å². The Labute approximate surface area is 112 Å². The summed E-state index contributed by atoms with van der Waals surface area (Å²) in [7, 11) is 0. The standard InChI is InChI=1S/C12H12N6O2/c1-2-17-11(20)8-4-3-7(10(19)15-13)5-9(8)18-6-14-16-12(17)18/h3-6H,2,13H2,1H3,(H,15,19). The first kappa shape index (κ1) is 12.3.